The lowest BCUT2D eigenvalue weighted by molar-refractivity contribution is 0.183. The maximum Gasteiger partial charge on any atom is 0.125 e. The molecule has 0 amide bonds. The molecule has 0 spiro atoms. The SMILES string of the molecule is CN1CCN(CC(O)c2ccc(C#N)cc2)c2ccc(F)cc21. The van der Waals surface area contributed by atoms with Crippen LogP contribution in [-0.4, -0.2) is 31.8 Å². The summed E-state index contributed by atoms with van der Waals surface area (Å²) in [6.07, 6.45) is -0.663. The standard InChI is InChI=1S/C18H18FN3O/c1-21-8-9-22(16-7-6-15(19)10-17(16)21)12-18(23)14-4-2-13(11-20)3-5-14/h2-7,10,18,23H,8-9,12H2,1H3. The molecule has 23 heavy (non-hydrogen) atoms. The summed E-state index contributed by atoms with van der Waals surface area (Å²) in [5, 5.41) is 19.3. The predicted octanol–water partition coefficient (Wildman–Crippen LogP) is 2.69. The number of rotatable bonds is 3. The molecular formula is C18H18FN3O. The third-order valence-electron chi connectivity index (χ3n) is 4.21. The number of aliphatic hydroxyl groups is 1. The van der Waals surface area contributed by atoms with Crippen molar-refractivity contribution in [1.29, 1.82) is 5.26 Å². The van der Waals surface area contributed by atoms with Gasteiger partial charge < -0.3 is 14.9 Å². The highest BCUT2D eigenvalue weighted by Crippen LogP contribution is 2.33. The van der Waals surface area contributed by atoms with Gasteiger partial charge in [0.15, 0.2) is 0 Å². The molecule has 0 bridgehead atoms. The van der Waals surface area contributed by atoms with Crippen molar-refractivity contribution in [2.24, 2.45) is 0 Å². The van der Waals surface area contributed by atoms with Crippen LogP contribution in [0.25, 0.3) is 0 Å². The summed E-state index contributed by atoms with van der Waals surface area (Å²) in [6.45, 7) is 1.97. The second-order valence-electron chi connectivity index (χ2n) is 5.75. The molecular weight excluding hydrogens is 293 g/mol. The van der Waals surface area contributed by atoms with Gasteiger partial charge in [-0.15, -0.1) is 0 Å². The third-order valence-corrected chi connectivity index (χ3v) is 4.21. The van der Waals surface area contributed by atoms with Crippen LogP contribution in [0, 0.1) is 17.1 Å². The Morgan fingerprint density at radius 3 is 2.61 bits per heavy atom. The molecule has 1 aliphatic heterocycles. The van der Waals surface area contributed by atoms with Gasteiger partial charge in [0.2, 0.25) is 0 Å². The number of nitrogens with zero attached hydrogens (tertiary/aromatic N) is 3. The van der Waals surface area contributed by atoms with Crippen LogP contribution in [0.2, 0.25) is 0 Å². The zero-order valence-corrected chi connectivity index (χ0v) is 12.9. The smallest absolute Gasteiger partial charge is 0.125 e. The van der Waals surface area contributed by atoms with Gasteiger partial charge >= 0.3 is 0 Å². The zero-order valence-electron chi connectivity index (χ0n) is 12.9. The van der Waals surface area contributed by atoms with Crippen molar-refractivity contribution >= 4 is 11.4 Å². The Labute approximate surface area is 135 Å². The summed E-state index contributed by atoms with van der Waals surface area (Å²) in [4.78, 5) is 4.08. The molecule has 0 saturated heterocycles. The first kappa shape index (κ1) is 15.3. The fraction of sp³-hybridized carbons (Fsp3) is 0.278. The van der Waals surface area contributed by atoms with E-state index in [-0.39, 0.29) is 5.82 Å². The van der Waals surface area contributed by atoms with E-state index in [9.17, 15) is 9.50 Å². The van der Waals surface area contributed by atoms with Crippen LogP contribution in [0.5, 0.6) is 0 Å². The average Bonchev–Trinajstić information content (AvgIpc) is 2.57. The van der Waals surface area contributed by atoms with Crippen LogP contribution in [0.1, 0.15) is 17.2 Å². The Bertz CT molecular complexity index is 739. The van der Waals surface area contributed by atoms with Crippen molar-refractivity contribution in [3.63, 3.8) is 0 Å². The summed E-state index contributed by atoms with van der Waals surface area (Å²) in [5.41, 5.74) is 3.10. The lowest BCUT2D eigenvalue weighted by atomic mass is 10.1. The van der Waals surface area contributed by atoms with Crippen molar-refractivity contribution < 1.29 is 9.50 Å². The first-order valence-electron chi connectivity index (χ1n) is 7.52. The highest BCUT2D eigenvalue weighted by molar-refractivity contribution is 5.73. The fourth-order valence-corrected chi connectivity index (χ4v) is 2.86. The summed E-state index contributed by atoms with van der Waals surface area (Å²) in [5.74, 6) is -0.259. The van der Waals surface area contributed by atoms with E-state index in [0.717, 1.165) is 30.0 Å². The number of β-amino-alcohol motifs (C(OH)–C–C–N with tert-alkyl or cyclic N) is 1. The topological polar surface area (TPSA) is 50.5 Å². The number of anilines is 2. The van der Waals surface area contributed by atoms with Crippen molar-refractivity contribution in [2.45, 2.75) is 6.10 Å². The maximum atomic E-state index is 13.5. The van der Waals surface area contributed by atoms with E-state index in [2.05, 4.69) is 11.0 Å². The molecule has 0 fully saturated rings. The second kappa shape index (κ2) is 6.27. The van der Waals surface area contributed by atoms with Crippen molar-refractivity contribution in [3.05, 3.63) is 59.4 Å². The minimum Gasteiger partial charge on any atom is -0.387 e. The van der Waals surface area contributed by atoms with E-state index >= 15 is 0 Å². The molecule has 0 aromatic heterocycles. The molecule has 2 aromatic carbocycles. The normalized spacial score (nSPS) is 15.0. The van der Waals surface area contributed by atoms with Crippen LogP contribution >= 0.6 is 0 Å². The number of fused-ring (bicyclic) bond motifs is 1. The highest BCUT2D eigenvalue weighted by atomic mass is 19.1. The van der Waals surface area contributed by atoms with Gasteiger partial charge in [-0.2, -0.15) is 5.26 Å². The molecule has 5 heteroatoms. The Morgan fingerprint density at radius 1 is 1.17 bits per heavy atom. The molecule has 1 N–H and O–H groups in total. The summed E-state index contributed by atoms with van der Waals surface area (Å²) < 4.78 is 13.5. The molecule has 118 valence electrons. The number of hydrogen-bond donors (Lipinski definition) is 1. The van der Waals surface area contributed by atoms with E-state index in [4.69, 9.17) is 5.26 Å². The summed E-state index contributed by atoms with van der Waals surface area (Å²) >= 11 is 0. The van der Waals surface area contributed by atoms with Crippen LogP contribution in [0.3, 0.4) is 0 Å². The van der Waals surface area contributed by atoms with Gasteiger partial charge in [-0.05, 0) is 35.9 Å². The first-order chi connectivity index (χ1) is 11.1. The fourth-order valence-electron chi connectivity index (χ4n) is 2.86. The number of hydrogen-bond acceptors (Lipinski definition) is 4. The van der Waals surface area contributed by atoms with E-state index in [1.54, 1.807) is 30.3 Å². The van der Waals surface area contributed by atoms with Crippen molar-refractivity contribution in [2.75, 3.05) is 36.5 Å². The summed E-state index contributed by atoms with van der Waals surface area (Å²) in [7, 11) is 1.94. The molecule has 0 saturated carbocycles. The van der Waals surface area contributed by atoms with Crippen LogP contribution in [0.4, 0.5) is 15.8 Å². The highest BCUT2D eigenvalue weighted by Gasteiger charge is 2.23. The molecule has 0 aliphatic carbocycles. The summed E-state index contributed by atoms with van der Waals surface area (Å²) in [6, 6.07) is 13.7. The van der Waals surface area contributed by atoms with Crippen LogP contribution in [0.15, 0.2) is 42.5 Å². The number of aliphatic hydroxyl groups excluding tert-OH is 1. The van der Waals surface area contributed by atoms with Gasteiger partial charge in [0, 0.05) is 26.7 Å². The van der Waals surface area contributed by atoms with Crippen LogP contribution < -0.4 is 9.80 Å². The molecule has 3 rings (SSSR count). The Balaban J connectivity index is 1.80. The monoisotopic (exact) mass is 311 g/mol. The third kappa shape index (κ3) is 3.13. The van der Waals surface area contributed by atoms with E-state index in [0.29, 0.717) is 12.1 Å². The number of halogens is 1. The molecule has 0 radical (unpaired) electrons. The lowest BCUT2D eigenvalue weighted by Gasteiger charge is -2.38. The van der Waals surface area contributed by atoms with Gasteiger partial charge in [0.25, 0.3) is 0 Å². The Hall–Kier alpha value is -2.58. The zero-order chi connectivity index (χ0) is 16.4. The molecule has 1 heterocycles. The van der Waals surface area contributed by atoms with E-state index in [1.807, 2.05) is 11.9 Å². The van der Waals surface area contributed by atoms with Gasteiger partial charge in [-0.3, -0.25) is 0 Å². The number of nitriles is 1. The first-order valence-corrected chi connectivity index (χ1v) is 7.52. The van der Waals surface area contributed by atoms with Gasteiger partial charge in [-0.1, -0.05) is 12.1 Å². The second-order valence-corrected chi connectivity index (χ2v) is 5.75. The van der Waals surface area contributed by atoms with E-state index in [1.165, 1.54) is 12.1 Å². The minimum atomic E-state index is -0.663. The maximum absolute atomic E-state index is 13.5. The molecule has 1 atom stereocenters. The number of likely N-dealkylation sites (N-methyl/N-ethyl adjacent to an activating group) is 1. The van der Waals surface area contributed by atoms with Crippen LogP contribution in [-0.2, 0) is 0 Å². The quantitative estimate of drug-likeness (QED) is 0.947. The molecule has 4 nitrogen and oxygen atoms in total. The molecule has 1 aliphatic rings. The lowest BCUT2D eigenvalue weighted by Crippen LogP contribution is -2.41. The average molecular weight is 311 g/mol. The van der Waals surface area contributed by atoms with Gasteiger partial charge in [-0.25, -0.2) is 4.39 Å². The van der Waals surface area contributed by atoms with E-state index < -0.39 is 6.10 Å². The Kier molecular flexibility index (Phi) is 4.18. The minimum absolute atomic E-state index is 0.259. The van der Waals surface area contributed by atoms with Gasteiger partial charge in [0.1, 0.15) is 5.82 Å². The predicted molar refractivity (Wildman–Crippen MR) is 88.0 cm³/mol. The largest absolute Gasteiger partial charge is 0.387 e. The van der Waals surface area contributed by atoms with Crippen molar-refractivity contribution in [3.8, 4) is 6.07 Å². The molecule has 1 unspecified atom stereocenters. The number of benzene rings is 2. The van der Waals surface area contributed by atoms with Crippen molar-refractivity contribution in [1.82, 2.24) is 0 Å². The van der Waals surface area contributed by atoms with Gasteiger partial charge in [0.05, 0.1) is 29.1 Å². The Morgan fingerprint density at radius 2 is 1.91 bits per heavy atom. The molecule has 2 aromatic rings.